The van der Waals surface area contributed by atoms with Crippen molar-refractivity contribution >= 4 is 28.2 Å². The average molecular weight is 490 g/mol. The van der Waals surface area contributed by atoms with Crippen LogP contribution >= 0.6 is 11.3 Å². The Morgan fingerprint density at radius 2 is 1.65 bits per heavy atom. The highest BCUT2D eigenvalue weighted by molar-refractivity contribution is 7.18. The molecule has 0 unspecified atom stereocenters. The van der Waals surface area contributed by atoms with Crippen molar-refractivity contribution < 1.29 is 23.8 Å². The quantitative estimate of drug-likeness (QED) is 0.633. The van der Waals surface area contributed by atoms with Gasteiger partial charge in [0.1, 0.15) is 0 Å². The number of thiophene rings is 1. The molecule has 34 heavy (non-hydrogen) atoms. The minimum absolute atomic E-state index is 0.0158. The number of nitrogens with zero attached hydrogens (tertiary/aromatic N) is 2. The second-order valence-corrected chi connectivity index (χ2v) is 10.4. The Bertz CT molecular complexity index is 1040. The van der Waals surface area contributed by atoms with E-state index in [2.05, 4.69) is 10.2 Å². The van der Waals surface area contributed by atoms with Gasteiger partial charge in [0.25, 0.3) is 5.91 Å². The molecule has 1 aliphatic heterocycles. The maximum Gasteiger partial charge on any atom is 0.264 e. The molecule has 9 heteroatoms. The van der Waals surface area contributed by atoms with E-state index in [1.807, 2.05) is 50.8 Å². The molecule has 3 rings (SSSR count). The fourth-order valence-corrected chi connectivity index (χ4v) is 4.87. The summed E-state index contributed by atoms with van der Waals surface area (Å²) in [7, 11) is 4.82. The molecule has 1 aromatic carbocycles. The summed E-state index contributed by atoms with van der Waals surface area (Å²) in [6.45, 7) is 11.0. The minimum Gasteiger partial charge on any atom is -0.493 e. The zero-order valence-corrected chi connectivity index (χ0v) is 21.9. The van der Waals surface area contributed by atoms with E-state index in [4.69, 9.17) is 14.2 Å². The van der Waals surface area contributed by atoms with Crippen LogP contribution in [0.3, 0.4) is 0 Å². The number of hydrogen-bond acceptors (Lipinski definition) is 7. The lowest BCUT2D eigenvalue weighted by Gasteiger charge is -2.35. The molecule has 0 spiro atoms. The van der Waals surface area contributed by atoms with Gasteiger partial charge in [0.05, 0.1) is 31.2 Å². The molecule has 1 fully saturated rings. The molecule has 186 valence electrons. The van der Waals surface area contributed by atoms with Gasteiger partial charge in [0.2, 0.25) is 11.7 Å². The zero-order chi connectivity index (χ0) is 25.0. The van der Waals surface area contributed by atoms with E-state index in [-0.39, 0.29) is 11.8 Å². The first-order valence-corrected chi connectivity index (χ1v) is 12.1. The van der Waals surface area contributed by atoms with Crippen molar-refractivity contribution in [2.45, 2.75) is 34.2 Å². The van der Waals surface area contributed by atoms with E-state index in [1.165, 1.54) is 11.3 Å². The molecular formula is C25H35N3O5S. The molecule has 1 saturated heterocycles. The minimum atomic E-state index is -0.491. The van der Waals surface area contributed by atoms with Crippen LogP contribution in [-0.2, 0) is 11.3 Å². The summed E-state index contributed by atoms with van der Waals surface area (Å²) in [6, 6.07) is 5.74. The number of piperazine rings is 1. The molecule has 2 heterocycles. The van der Waals surface area contributed by atoms with Gasteiger partial charge >= 0.3 is 0 Å². The van der Waals surface area contributed by atoms with Gasteiger partial charge in [0.15, 0.2) is 11.5 Å². The number of anilines is 1. The summed E-state index contributed by atoms with van der Waals surface area (Å²) in [5, 5.41) is 3.64. The lowest BCUT2D eigenvalue weighted by Crippen LogP contribution is -2.48. The highest BCUT2D eigenvalue weighted by Crippen LogP contribution is 2.40. The van der Waals surface area contributed by atoms with E-state index in [0.717, 1.165) is 24.2 Å². The molecule has 8 nitrogen and oxygen atoms in total. The van der Waals surface area contributed by atoms with Crippen LogP contribution in [0.25, 0.3) is 0 Å². The predicted octanol–water partition coefficient (Wildman–Crippen LogP) is 4.02. The van der Waals surface area contributed by atoms with E-state index >= 15 is 0 Å². The van der Waals surface area contributed by atoms with Crippen molar-refractivity contribution in [2.24, 2.45) is 5.41 Å². The number of rotatable bonds is 7. The van der Waals surface area contributed by atoms with Gasteiger partial charge < -0.3 is 24.4 Å². The predicted molar refractivity (Wildman–Crippen MR) is 134 cm³/mol. The van der Waals surface area contributed by atoms with Gasteiger partial charge in [-0.15, -0.1) is 11.3 Å². The zero-order valence-electron chi connectivity index (χ0n) is 21.1. The Labute approximate surface area is 205 Å². The highest BCUT2D eigenvalue weighted by Gasteiger charge is 2.27. The highest BCUT2D eigenvalue weighted by atomic mass is 32.1. The normalized spacial score (nSPS) is 14.6. The molecule has 1 N–H and O–H groups in total. The summed E-state index contributed by atoms with van der Waals surface area (Å²) < 4.78 is 16.5. The summed E-state index contributed by atoms with van der Waals surface area (Å²) >= 11 is 1.34. The van der Waals surface area contributed by atoms with Crippen LogP contribution in [-0.4, -0.2) is 69.1 Å². The number of hydrogen-bond donors (Lipinski definition) is 1. The van der Waals surface area contributed by atoms with Crippen LogP contribution in [0.15, 0.2) is 18.2 Å². The van der Waals surface area contributed by atoms with Gasteiger partial charge in [-0.3, -0.25) is 14.5 Å². The molecule has 2 amide bonds. The number of benzene rings is 1. The second-order valence-electron chi connectivity index (χ2n) is 9.39. The third kappa shape index (κ3) is 5.64. The molecule has 0 bridgehead atoms. The Balaban J connectivity index is 1.63. The second kappa shape index (κ2) is 10.7. The number of carbonyl (C=O) groups is 2. The summed E-state index contributed by atoms with van der Waals surface area (Å²) in [5.74, 6) is 1.83. The summed E-state index contributed by atoms with van der Waals surface area (Å²) in [4.78, 5) is 30.4. The van der Waals surface area contributed by atoms with E-state index in [0.29, 0.717) is 46.8 Å². The third-order valence-corrected chi connectivity index (χ3v) is 7.01. The molecule has 0 saturated carbocycles. The van der Waals surface area contributed by atoms with Gasteiger partial charge in [-0.2, -0.15) is 0 Å². The third-order valence-electron chi connectivity index (χ3n) is 5.87. The van der Waals surface area contributed by atoms with Gasteiger partial charge in [0, 0.05) is 43.7 Å². The number of ether oxygens (including phenoxy) is 3. The van der Waals surface area contributed by atoms with Crippen molar-refractivity contribution in [3.63, 3.8) is 0 Å². The first-order valence-electron chi connectivity index (χ1n) is 11.3. The number of aryl methyl sites for hydroxylation is 1. The lowest BCUT2D eigenvalue weighted by molar-refractivity contribution is -0.123. The molecule has 1 aliphatic rings. The maximum absolute atomic E-state index is 13.2. The first kappa shape index (κ1) is 25.8. The smallest absolute Gasteiger partial charge is 0.264 e. The SMILES string of the molecule is COc1ccc(CN2CCN(C(=O)c3sc(NC(=O)C(C)(C)C)cc3C)CC2)c(OC)c1OC. The standard InChI is InChI=1S/C25H35N3O5S/c1-16-14-19(26-24(30)25(2,3)4)34-22(16)23(29)28-12-10-27(11-13-28)15-17-8-9-18(31-5)21(33-7)20(17)32-6/h8-9,14H,10-13,15H2,1-7H3,(H,26,30). The maximum atomic E-state index is 13.2. The largest absolute Gasteiger partial charge is 0.493 e. The number of nitrogens with one attached hydrogen (secondary N) is 1. The van der Waals surface area contributed by atoms with Crippen molar-refractivity contribution in [3.05, 3.63) is 34.2 Å². The monoisotopic (exact) mass is 489 g/mol. The van der Waals surface area contributed by atoms with Crippen molar-refractivity contribution in [1.29, 1.82) is 0 Å². The van der Waals surface area contributed by atoms with Crippen molar-refractivity contribution in [3.8, 4) is 17.2 Å². The van der Waals surface area contributed by atoms with Crippen LogP contribution in [0.1, 0.15) is 41.6 Å². The van der Waals surface area contributed by atoms with Crippen molar-refractivity contribution in [1.82, 2.24) is 9.80 Å². The Morgan fingerprint density at radius 1 is 1.00 bits per heavy atom. The van der Waals surface area contributed by atoms with E-state index in [9.17, 15) is 9.59 Å². The average Bonchev–Trinajstić information content (AvgIpc) is 3.17. The molecule has 0 aliphatic carbocycles. The topological polar surface area (TPSA) is 80.3 Å². The Hall–Kier alpha value is -2.78. The molecular weight excluding hydrogens is 454 g/mol. The van der Waals surface area contributed by atoms with Crippen LogP contribution in [0.2, 0.25) is 0 Å². The van der Waals surface area contributed by atoms with Crippen LogP contribution in [0, 0.1) is 12.3 Å². The van der Waals surface area contributed by atoms with E-state index < -0.39 is 5.41 Å². The molecule has 0 atom stereocenters. The molecule has 1 aromatic heterocycles. The van der Waals surface area contributed by atoms with Gasteiger partial charge in [-0.25, -0.2) is 0 Å². The number of carbonyl (C=O) groups excluding carboxylic acids is 2. The number of amides is 2. The van der Waals surface area contributed by atoms with Crippen molar-refractivity contribution in [2.75, 3.05) is 52.8 Å². The summed E-state index contributed by atoms with van der Waals surface area (Å²) in [5.41, 5.74) is 1.40. The lowest BCUT2D eigenvalue weighted by atomic mass is 9.96. The fourth-order valence-electron chi connectivity index (χ4n) is 3.84. The first-order chi connectivity index (χ1) is 16.1. The molecule has 2 aromatic rings. The fraction of sp³-hybridized carbons (Fsp3) is 0.520. The van der Waals surface area contributed by atoms with E-state index in [1.54, 1.807) is 21.3 Å². The Kier molecular flexibility index (Phi) is 8.09. The number of methoxy groups -OCH3 is 3. The van der Waals surface area contributed by atoms with Gasteiger partial charge in [-0.1, -0.05) is 26.8 Å². The van der Waals surface area contributed by atoms with Crippen LogP contribution in [0.5, 0.6) is 17.2 Å². The summed E-state index contributed by atoms with van der Waals surface area (Å²) in [6.07, 6.45) is 0. The van der Waals surface area contributed by atoms with Gasteiger partial charge in [-0.05, 0) is 24.6 Å². The molecule has 0 radical (unpaired) electrons. The van der Waals surface area contributed by atoms with Crippen LogP contribution < -0.4 is 19.5 Å². The van der Waals surface area contributed by atoms with Crippen LogP contribution in [0.4, 0.5) is 5.00 Å². The Morgan fingerprint density at radius 3 is 2.21 bits per heavy atom.